The average Bonchev–Trinajstić information content (AvgIpc) is 0.777. The predicted octanol–water partition coefficient (Wildman–Crippen LogP) is 19.0. The number of amides is 3. The number of carbonyl (C=O) groups is 9. The number of nitrogens with one attached hydrogen (secondary N) is 3. The van der Waals surface area contributed by atoms with Crippen LogP contribution in [0.5, 0.6) is 0 Å². The van der Waals surface area contributed by atoms with Crippen LogP contribution in [0.25, 0.3) is 0 Å². The Hall–Kier alpha value is -4.86. The number of carboxylic acid groups (broad SMARTS) is 1. The molecule has 3 amide bonds. The van der Waals surface area contributed by atoms with Crippen molar-refractivity contribution in [2.24, 2.45) is 0 Å². The van der Waals surface area contributed by atoms with E-state index in [0.29, 0.717) is 51.5 Å². The highest BCUT2D eigenvalue weighted by molar-refractivity contribution is 7.46. The first kappa shape index (κ1) is 112. The first-order valence-corrected chi connectivity index (χ1v) is 48.9. The summed E-state index contributed by atoms with van der Waals surface area (Å²) in [5.41, 5.74) is 0. The van der Waals surface area contributed by atoms with Crippen molar-refractivity contribution in [2.45, 2.75) is 469 Å². The van der Waals surface area contributed by atoms with Crippen LogP contribution in [0.1, 0.15) is 414 Å². The lowest BCUT2D eigenvalue weighted by Crippen LogP contribution is -2.67. The Labute approximate surface area is 717 Å². The van der Waals surface area contributed by atoms with E-state index in [1.54, 1.807) is 0 Å². The second-order valence-electron chi connectivity index (χ2n) is 32.8. The zero-order chi connectivity index (χ0) is 87.5. The summed E-state index contributed by atoms with van der Waals surface area (Å²) in [6.07, 6.45) is 35.7. The maximum Gasteiger partial charge on any atom is 0.470 e. The van der Waals surface area contributed by atoms with Crippen LogP contribution >= 0.6 is 7.82 Å². The molecule has 0 aromatic heterocycles. The van der Waals surface area contributed by atoms with E-state index >= 15 is 9.59 Å². The molecule has 119 heavy (non-hydrogen) atoms. The molecular weight excluding hydrogens is 1550 g/mol. The van der Waals surface area contributed by atoms with E-state index in [1.165, 1.54) is 26.2 Å². The van der Waals surface area contributed by atoms with Gasteiger partial charge in [-0.3, -0.25) is 38.1 Å². The van der Waals surface area contributed by atoms with Crippen LogP contribution in [0.4, 0.5) is 0 Å². The van der Waals surface area contributed by atoms with Crippen molar-refractivity contribution in [1.29, 1.82) is 0 Å². The molecule has 0 bridgehead atoms. The van der Waals surface area contributed by atoms with Gasteiger partial charge in [-0.15, -0.1) is 0 Å². The monoisotopic (exact) mass is 1720 g/mol. The smallest absolute Gasteiger partial charge is 0.470 e. The second-order valence-corrected chi connectivity index (χ2v) is 34.0. The van der Waals surface area contributed by atoms with E-state index in [1.807, 2.05) is 0 Å². The van der Waals surface area contributed by atoms with Crippen LogP contribution < -0.4 is 16.0 Å². The van der Waals surface area contributed by atoms with Gasteiger partial charge in [0.1, 0.15) is 49.8 Å². The lowest BCUT2D eigenvalue weighted by molar-refractivity contribution is -0.273. The van der Waals surface area contributed by atoms with Crippen molar-refractivity contribution in [2.75, 3.05) is 59.4 Å². The van der Waals surface area contributed by atoms with Crippen LogP contribution in [-0.2, 0) is 99.6 Å². The van der Waals surface area contributed by atoms with Gasteiger partial charge < -0.3 is 78.2 Å². The van der Waals surface area contributed by atoms with E-state index in [4.69, 9.17) is 51.9 Å². The maximum atomic E-state index is 15.2. The number of rotatable bonds is 85. The number of phosphoric ester groups is 1. The Morgan fingerprint density at radius 3 is 1.12 bits per heavy atom. The Morgan fingerprint density at radius 2 is 0.748 bits per heavy atom. The van der Waals surface area contributed by atoms with Gasteiger partial charge in [0, 0.05) is 32.7 Å². The molecule has 1 rings (SSSR count). The van der Waals surface area contributed by atoms with Crippen molar-refractivity contribution < 1.29 is 115 Å². The van der Waals surface area contributed by atoms with Gasteiger partial charge >= 0.3 is 43.6 Å². The molecule has 0 saturated carbocycles. The number of ether oxygens (including phenoxy) is 10. The van der Waals surface area contributed by atoms with Crippen LogP contribution in [0.3, 0.4) is 0 Å². The quantitative estimate of drug-likeness (QED) is 0.0143. The molecule has 0 unspecified atom stereocenters. The van der Waals surface area contributed by atoms with Gasteiger partial charge in [0.2, 0.25) is 17.7 Å². The molecule has 27 nitrogen and oxygen atoms in total. The molecule has 0 aromatic carbocycles. The minimum atomic E-state index is -5.74. The van der Waals surface area contributed by atoms with Gasteiger partial charge in [0.25, 0.3) is 0 Å². The molecule has 0 aliphatic carbocycles. The topological polar surface area (TPSA) is 369 Å². The van der Waals surface area contributed by atoms with E-state index in [0.717, 1.165) is 250 Å². The van der Waals surface area contributed by atoms with Gasteiger partial charge in [0.15, 0.2) is 18.4 Å². The first-order chi connectivity index (χ1) is 57.6. The van der Waals surface area contributed by atoms with Gasteiger partial charge in [-0.1, -0.05) is 311 Å². The van der Waals surface area contributed by atoms with E-state index < -0.39 is 150 Å². The largest absolute Gasteiger partial charge is 0.480 e. The molecule has 0 spiro atoms. The summed E-state index contributed by atoms with van der Waals surface area (Å²) < 4.78 is 78.5. The highest BCUT2D eigenvalue weighted by Crippen LogP contribution is 2.43. The molecule has 28 heteroatoms. The lowest BCUT2D eigenvalue weighted by atomic mass is 9.95. The molecule has 1 aliphatic rings. The Kier molecular flexibility index (Phi) is 73.4. The highest BCUT2D eigenvalue weighted by Gasteiger charge is 2.53. The predicted molar refractivity (Wildman–Crippen MR) is 462 cm³/mol. The number of aliphatic carboxylic acids is 1. The third-order valence-corrected chi connectivity index (χ3v) is 22.0. The number of hydrogen-bond acceptors (Lipinski definition) is 21. The highest BCUT2D eigenvalue weighted by atomic mass is 31.2. The van der Waals surface area contributed by atoms with Gasteiger partial charge in [-0.25, -0.2) is 14.2 Å². The number of carboxylic acids is 1. The van der Waals surface area contributed by atoms with E-state index in [-0.39, 0.29) is 71.0 Å². The van der Waals surface area contributed by atoms with Crippen LogP contribution in [0, 0.1) is 0 Å². The van der Waals surface area contributed by atoms with Crippen molar-refractivity contribution >= 4 is 61.4 Å². The number of carbonyl (C=O) groups excluding carboxylic acids is 8. The lowest BCUT2D eigenvalue weighted by Gasteiger charge is -2.45. The fourth-order valence-corrected chi connectivity index (χ4v) is 15.2. The Balaban J connectivity index is 4.17. The van der Waals surface area contributed by atoms with Crippen molar-refractivity contribution in [3.05, 3.63) is 0 Å². The summed E-state index contributed by atoms with van der Waals surface area (Å²) in [6, 6.07) is -3.78. The molecule has 696 valence electrons. The molecule has 9 atom stereocenters. The summed E-state index contributed by atoms with van der Waals surface area (Å²) in [5, 5.41) is 18.9. The van der Waals surface area contributed by atoms with Gasteiger partial charge in [-0.05, 0) is 57.8 Å². The minimum absolute atomic E-state index is 0.0239. The molecule has 1 aliphatic heterocycles. The normalized spacial score (nSPS) is 16.4. The fourth-order valence-electron chi connectivity index (χ4n) is 14.6. The minimum Gasteiger partial charge on any atom is -0.480 e. The average molecular weight is 1720 g/mol. The zero-order valence-corrected chi connectivity index (χ0v) is 76.1. The third kappa shape index (κ3) is 67.3. The summed E-state index contributed by atoms with van der Waals surface area (Å²) >= 11 is 0. The Morgan fingerprint density at radius 1 is 0.403 bits per heavy atom. The summed E-state index contributed by atoms with van der Waals surface area (Å²) in [4.78, 5) is 146. The number of unbranched alkanes of at least 4 members (excludes halogenated alkanes) is 42. The molecular formula is C91H168N3O24P. The SMILES string of the molecule is CCCCCCCCCCC[C@H](CC(=O)N[C@H]1[C@H](OC[C@H](NC(=O)C[C@@H](CCCCCCCCCCC)OC(=O)CCCCCCCCC)C(=O)O)O[C@H](COC(=O)COCCOCCOCCNC(C)=O)[C@@H](OP(=O)(O)O)[C@@H]1OC(=O)C[C@@H](CCCCCCCCCCC)OC(=O)CCCCCCCCC)OC(=O)CCCCCCCCC. The first-order valence-electron chi connectivity index (χ1n) is 47.3. The van der Waals surface area contributed by atoms with E-state index in [9.17, 15) is 53.0 Å². The number of esters is 5. The molecule has 1 saturated heterocycles. The van der Waals surface area contributed by atoms with Gasteiger partial charge in [-0.2, -0.15) is 0 Å². The van der Waals surface area contributed by atoms with Gasteiger partial charge in [0.05, 0.1) is 58.9 Å². The standard InChI is InChI=1S/C91H168N3O24P/c1-8-14-20-26-32-35-41-44-50-56-75(113-82(98)59-53-47-38-29-23-17-11-4)68-80(96)93-78(90(103)104)71-112-91-87(94-81(97)69-76(57-51-45-42-36-33-27-21-15-9-2)114-83(99)60-54-48-39-30-24-18-12-5)89(88(118-119(105,106)107)79(116-91)72-111-86(102)73-110-67-66-109-65-64-108-63-62-92-74(7)95)117-85(101)70-77(58-52-46-43-37-34-28-22-16-10-3)115-84(100)61-55-49-40-31-25-19-13-6/h75-79,87-89,91H,8-73H2,1-7H3,(H,92,95)(H,93,96)(H,94,97)(H,103,104)(H2,105,106,107)/t75-,76-,77-,78+,79-,87-,88-,89-,91-/m1/s1. The zero-order valence-electron chi connectivity index (χ0n) is 75.2. The molecule has 1 heterocycles. The molecule has 0 aromatic rings. The molecule has 1 fully saturated rings. The molecule has 6 N–H and O–H groups in total. The van der Waals surface area contributed by atoms with Crippen LogP contribution in [0.15, 0.2) is 0 Å². The third-order valence-electron chi connectivity index (χ3n) is 21.5. The second kappa shape index (κ2) is 77.9. The fraction of sp³-hybridized carbons (Fsp3) is 0.901. The molecule has 0 radical (unpaired) electrons. The maximum absolute atomic E-state index is 15.2. The van der Waals surface area contributed by atoms with Crippen molar-refractivity contribution in [3.63, 3.8) is 0 Å². The summed E-state index contributed by atoms with van der Waals surface area (Å²) in [5.74, 6) is -7.05. The van der Waals surface area contributed by atoms with Crippen LogP contribution in [0.2, 0.25) is 0 Å². The van der Waals surface area contributed by atoms with Crippen LogP contribution in [-0.4, -0.2) is 183 Å². The van der Waals surface area contributed by atoms with Crippen molar-refractivity contribution in [1.82, 2.24) is 16.0 Å². The summed E-state index contributed by atoms with van der Waals surface area (Å²) in [6.45, 7) is 12.7. The summed E-state index contributed by atoms with van der Waals surface area (Å²) in [7, 11) is -5.74. The van der Waals surface area contributed by atoms with E-state index in [2.05, 4.69) is 57.5 Å². The number of hydrogen-bond donors (Lipinski definition) is 6. The Bertz CT molecular complexity index is 2600. The van der Waals surface area contributed by atoms with Crippen molar-refractivity contribution in [3.8, 4) is 0 Å². The number of phosphoric acid groups is 1.